The molecule has 1 unspecified atom stereocenters. The SMILES string of the molecule is Cc1c(COc2cc(OCc3cncc(C#N)c3)c(CN(C)C(C)(CO)CO)cc2Cl)cccc1-c1cccc(OCCCN2CCC(O)C2)c1Cl. The average Bonchev–Trinajstić information content (AvgIpc) is 3.58. The quantitative estimate of drug-likeness (QED) is 0.104. The van der Waals surface area contributed by atoms with E-state index in [4.69, 9.17) is 37.4 Å². The Bertz CT molecular complexity index is 1860. The van der Waals surface area contributed by atoms with Crippen molar-refractivity contribution in [3.05, 3.63) is 105 Å². The van der Waals surface area contributed by atoms with Gasteiger partial charge in [0.15, 0.2) is 0 Å². The molecule has 3 aromatic carbocycles. The van der Waals surface area contributed by atoms with Gasteiger partial charge < -0.3 is 34.4 Å². The summed E-state index contributed by atoms with van der Waals surface area (Å²) in [5, 5.41) is 40.0. The number of nitriles is 1. The van der Waals surface area contributed by atoms with Gasteiger partial charge in [-0.3, -0.25) is 9.88 Å². The molecule has 1 saturated heterocycles. The number of pyridine rings is 1. The van der Waals surface area contributed by atoms with Crippen LogP contribution >= 0.6 is 23.2 Å². The highest BCUT2D eigenvalue weighted by Crippen LogP contribution is 2.39. The average molecular weight is 750 g/mol. The Morgan fingerprint density at radius 2 is 1.71 bits per heavy atom. The monoisotopic (exact) mass is 748 g/mol. The number of β-amino-alcohol motifs (C(OH)–C–C–N with tert-alkyl or cyclic N) is 1. The zero-order chi connectivity index (χ0) is 37.3. The lowest BCUT2D eigenvalue weighted by Gasteiger charge is -2.36. The molecule has 0 amide bonds. The van der Waals surface area contributed by atoms with Crippen LogP contribution in [0.4, 0.5) is 0 Å². The van der Waals surface area contributed by atoms with E-state index in [0.717, 1.165) is 59.3 Å². The van der Waals surface area contributed by atoms with E-state index in [2.05, 4.69) is 16.0 Å². The molecule has 52 heavy (non-hydrogen) atoms. The van der Waals surface area contributed by atoms with E-state index in [9.17, 15) is 20.6 Å². The lowest BCUT2D eigenvalue weighted by molar-refractivity contribution is 0.0104. The van der Waals surface area contributed by atoms with Gasteiger partial charge in [0.2, 0.25) is 0 Å². The molecule has 5 rings (SSSR count). The minimum atomic E-state index is -0.875. The standard InChI is InChI=1S/C40H46Cl2N4O6/c1-27-30(7-4-8-33(27)34-9-5-10-36(39(34)42)50-14-6-12-46-13-11-32(49)22-46)24-52-38-17-37(51-23-29-15-28(18-43)19-44-20-29)31(16-35(38)41)21-45(3)40(2,25-47)26-48/h4-5,7-10,15-17,19-20,32,47-49H,6,11-14,21-26H2,1-3H3. The number of hydrogen-bond acceptors (Lipinski definition) is 10. The molecule has 1 fully saturated rings. The lowest BCUT2D eigenvalue weighted by Crippen LogP contribution is -2.49. The second kappa shape index (κ2) is 18.2. The summed E-state index contributed by atoms with van der Waals surface area (Å²) in [6, 6.07) is 19.1. The van der Waals surface area contributed by atoms with Crippen molar-refractivity contribution < 1.29 is 29.5 Å². The fourth-order valence-electron chi connectivity index (χ4n) is 6.07. The van der Waals surface area contributed by atoms with Crippen molar-refractivity contribution in [2.24, 2.45) is 0 Å². The molecule has 0 radical (unpaired) electrons. The molecule has 1 aromatic heterocycles. The van der Waals surface area contributed by atoms with E-state index in [1.165, 1.54) is 6.20 Å². The summed E-state index contributed by atoms with van der Waals surface area (Å²) in [4.78, 5) is 8.22. The van der Waals surface area contributed by atoms with Crippen molar-refractivity contribution in [1.82, 2.24) is 14.8 Å². The minimum Gasteiger partial charge on any atom is -0.492 e. The number of nitrogens with zero attached hydrogens (tertiary/aromatic N) is 4. The van der Waals surface area contributed by atoms with Crippen LogP contribution in [0.15, 0.2) is 67.0 Å². The topological polar surface area (TPSA) is 132 Å². The zero-order valence-corrected chi connectivity index (χ0v) is 31.3. The van der Waals surface area contributed by atoms with Crippen molar-refractivity contribution in [3.63, 3.8) is 0 Å². The molecule has 0 bridgehead atoms. The maximum Gasteiger partial charge on any atom is 0.142 e. The molecule has 1 aliphatic rings. The number of likely N-dealkylation sites (tertiary alicyclic amines) is 1. The van der Waals surface area contributed by atoms with Crippen molar-refractivity contribution in [2.75, 3.05) is 46.5 Å². The second-order valence-corrected chi connectivity index (χ2v) is 14.3. The molecule has 2 heterocycles. The molecule has 1 aliphatic heterocycles. The largest absolute Gasteiger partial charge is 0.492 e. The smallest absolute Gasteiger partial charge is 0.142 e. The Labute approximate surface area is 315 Å². The predicted octanol–water partition coefficient (Wildman–Crippen LogP) is 6.40. The van der Waals surface area contributed by atoms with Crippen LogP contribution in [-0.2, 0) is 19.8 Å². The van der Waals surface area contributed by atoms with Gasteiger partial charge in [-0.05, 0) is 68.6 Å². The molecule has 0 saturated carbocycles. The van der Waals surface area contributed by atoms with Crippen LogP contribution in [0.25, 0.3) is 11.1 Å². The van der Waals surface area contributed by atoms with Gasteiger partial charge in [0.05, 0.1) is 47.1 Å². The van der Waals surface area contributed by atoms with E-state index in [-0.39, 0.29) is 32.5 Å². The summed E-state index contributed by atoms with van der Waals surface area (Å²) in [5.74, 6) is 1.54. The highest BCUT2D eigenvalue weighted by molar-refractivity contribution is 6.35. The number of aromatic nitrogens is 1. The van der Waals surface area contributed by atoms with Crippen molar-refractivity contribution in [3.8, 4) is 34.4 Å². The number of hydrogen-bond donors (Lipinski definition) is 3. The highest BCUT2D eigenvalue weighted by atomic mass is 35.5. The van der Waals surface area contributed by atoms with Gasteiger partial charge in [-0.1, -0.05) is 53.5 Å². The third kappa shape index (κ3) is 9.73. The molecule has 12 heteroatoms. The molecule has 276 valence electrons. The van der Waals surface area contributed by atoms with Crippen molar-refractivity contribution in [1.29, 1.82) is 5.26 Å². The van der Waals surface area contributed by atoms with Crippen LogP contribution in [0.5, 0.6) is 17.2 Å². The molecule has 10 nitrogen and oxygen atoms in total. The van der Waals surface area contributed by atoms with Crippen LogP contribution < -0.4 is 14.2 Å². The molecule has 3 N–H and O–H groups in total. The van der Waals surface area contributed by atoms with Gasteiger partial charge in [-0.25, -0.2) is 0 Å². The van der Waals surface area contributed by atoms with Crippen molar-refractivity contribution in [2.45, 2.75) is 58.1 Å². The molecular formula is C40H46Cl2N4O6. The summed E-state index contributed by atoms with van der Waals surface area (Å²) in [7, 11) is 1.81. The zero-order valence-electron chi connectivity index (χ0n) is 29.8. The van der Waals surface area contributed by atoms with Gasteiger partial charge in [0, 0.05) is 61.3 Å². The van der Waals surface area contributed by atoms with E-state index >= 15 is 0 Å². The summed E-state index contributed by atoms with van der Waals surface area (Å²) >= 11 is 13.7. The minimum absolute atomic E-state index is 0.144. The lowest BCUT2D eigenvalue weighted by atomic mass is 9.96. The fourth-order valence-corrected chi connectivity index (χ4v) is 6.60. The first-order chi connectivity index (χ1) is 25.0. The van der Waals surface area contributed by atoms with Crippen LogP contribution in [-0.4, -0.2) is 88.2 Å². The van der Waals surface area contributed by atoms with E-state index in [1.807, 2.05) is 48.2 Å². The van der Waals surface area contributed by atoms with E-state index < -0.39 is 5.54 Å². The van der Waals surface area contributed by atoms with E-state index in [0.29, 0.717) is 52.6 Å². The molecule has 4 aromatic rings. The number of aliphatic hydroxyl groups is 3. The Morgan fingerprint density at radius 3 is 2.44 bits per heavy atom. The van der Waals surface area contributed by atoms with Gasteiger partial charge in [0.25, 0.3) is 0 Å². The first-order valence-electron chi connectivity index (χ1n) is 17.3. The van der Waals surface area contributed by atoms with Crippen LogP contribution in [0.2, 0.25) is 10.0 Å². The number of ether oxygens (including phenoxy) is 3. The molecule has 0 aliphatic carbocycles. The van der Waals surface area contributed by atoms with Crippen LogP contribution in [0.3, 0.4) is 0 Å². The predicted molar refractivity (Wildman–Crippen MR) is 202 cm³/mol. The van der Waals surface area contributed by atoms with Crippen molar-refractivity contribution >= 4 is 23.2 Å². The Kier molecular flexibility index (Phi) is 13.8. The van der Waals surface area contributed by atoms with Gasteiger partial charge in [-0.15, -0.1) is 0 Å². The number of halogens is 2. The van der Waals surface area contributed by atoms with Gasteiger partial charge in [0.1, 0.15) is 36.5 Å². The maximum absolute atomic E-state index is 9.98. The summed E-state index contributed by atoms with van der Waals surface area (Å²) in [5.41, 5.74) is 4.75. The highest BCUT2D eigenvalue weighted by Gasteiger charge is 2.29. The first-order valence-corrected chi connectivity index (χ1v) is 18.1. The summed E-state index contributed by atoms with van der Waals surface area (Å²) in [6.07, 6.45) is 4.55. The summed E-state index contributed by atoms with van der Waals surface area (Å²) < 4.78 is 18.7. The number of benzene rings is 3. The second-order valence-electron chi connectivity index (χ2n) is 13.5. The van der Waals surface area contributed by atoms with Gasteiger partial charge >= 0.3 is 0 Å². The normalized spacial score (nSPS) is 14.8. The molecular weight excluding hydrogens is 703 g/mol. The van der Waals surface area contributed by atoms with E-state index in [1.54, 1.807) is 38.4 Å². The van der Waals surface area contributed by atoms with Gasteiger partial charge in [-0.2, -0.15) is 5.26 Å². The fraction of sp³-hybridized carbons (Fsp3) is 0.400. The number of likely N-dealkylation sites (N-methyl/N-ethyl adjacent to an activating group) is 1. The third-order valence-corrected chi connectivity index (χ3v) is 10.3. The molecule has 1 atom stereocenters. The summed E-state index contributed by atoms with van der Waals surface area (Å²) in [6.45, 7) is 7.00. The first kappa shape index (κ1) is 39.3. The Morgan fingerprint density at radius 1 is 0.962 bits per heavy atom. The van der Waals surface area contributed by atoms with Crippen LogP contribution in [0.1, 0.15) is 47.6 Å². The third-order valence-electron chi connectivity index (χ3n) is 9.65. The Hall–Kier alpha value is -3.92. The number of aliphatic hydroxyl groups excluding tert-OH is 3. The molecule has 0 spiro atoms. The van der Waals surface area contributed by atoms with Crippen LogP contribution in [0, 0.1) is 18.3 Å². The Balaban J connectivity index is 1.33. The maximum atomic E-state index is 9.98. The number of rotatable bonds is 17.